The zero-order valence-electron chi connectivity index (χ0n) is 15.3. The van der Waals surface area contributed by atoms with Crippen LogP contribution in [0.2, 0.25) is 0 Å². The number of hydrogen-bond donors (Lipinski definition) is 0. The number of nitrogens with zero attached hydrogens (tertiary/aromatic N) is 4. The van der Waals surface area contributed by atoms with Crippen molar-refractivity contribution in [2.24, 2.45) is 0 Å². The number of thiophene rings is 1. The van der Waals surface area contributed by atoms with E-state index in [2.05, 4.69) is 21.3 Å². The summed E-state index contributed by atoms with van der Waals surface area (Å²) in [6, 6.07) is 19.7. The number of methoxy groups -OCH3 is 1. The van der Waals surface area contributed by atoms with Gasteiger partial charge >= 0.3 is 0 Å². The highest BCUT2D eigenvalue weighted by atomic mass is 32.1. The van der Waals surface area contributed by atoms with Crippen molar-refractivity contribution in [1.82, 2.24) is 19.9 Å². The number of fused-ring (bicyclic) bond motifs is 1. The van der Waals surface area contributed by atoms with Gasteiger partial charge in [0, 0.05) is 10.9 Å². The molecule has 0 spiro atoms. The van der Waals surface area contributed by atoms with Gasteiger partial charge in [-0.1, -0.05) is 29.4 Å². The molecule has 0 N–H and O–H groups in total. The van der Waals surface area contributed by atoms with Crippen LogP contribution in [0.1, 0.15) is 5.69 Å². The van der Waals surface area contributed by atoms with E-state index >= 15 is 0 Å². The Balaban J connectivity index is 1.56. The number of ether oxygens (including phenoxy) is 1. The Bertz CT molecular complexity index is 1270. The standard InChI is InChI=1S/C21H16N4O2S/c1-13-17-12-18(28-21(17)25(23-13)15-8-4-3-5-9-15)19-22-20(27-24-19)14-7-6-10-16(11-14)26-2/h3-12H,1-2H3. The Kier molecular flexibility index (Phi) is 3.95. The molecule has 138 valence electrons. The SMILES string of the molecule is COc1cccc(-c2nc(-c3cc4c(C)nn(-c5ccccc5)c4s3)no2)c1. The summed E-state index contributed by atoms with van der Waals surface area (Å²) in [4.78, 5) is 6.58. The van der Waals surface area contributed by atoms with Crippen molar-refractivity contribution in [2.45, 2.75) is 6.92 Å². The van der Waals surface area contributed by atoms with Crippen molar-refractivity contribution in [1.29, 1.82) is 0 Å². The third-order valence-corrected chi connectivity index (χ3v) is 5.62. The lowest BCUT2D eigenvalue weighted by molar-refractivity contribution is 0.413. The van der Waals surface area contributed by atoms with Crippen molar-refractivity contribution >= 4 is 21.6 Å². The summed E-state index contributed by atoms with van der Waals surface area (Å²) in [6.07, 6.45) is 0. The molecule has 7 heteroatoms. The molecule has 0 amide bonds. The van der Waals surface area contributed by atoms with Crippen LogP contribution in [0, 0.1) is 6.92 Å². The molecule has 0 fully saturated rings. The first-order chi connectivity index (χ1) is 13.7. The van der Waals surface area contributed by atoms with Gasteiger partial charge in [-0.3, -0.25) is 0 Å². The Labute approximate surface area is 165 Å². The summed E-state index contributed by atoms with van der Waals surface area (Å²) in [5.41, 5.74) is 2.82. The maximum Gasteiger partial charge on any atom is 0.258 e. The van der Waals surface area contributed by atoms with Gasteiger partial charge in [0.25, 0.3) is 5.89 Å². The Morgan fingerprint density at radius 1 is 1.04 bits per heavy atom. The smallest absolute Gasteiger partial charge is 0.258 e. The molecule has 0 bridgehead atoms. The fourth-order valence-electron chi connectivity index (χ4n) is 3.10. The van der Waals surface area contributed by atoms with E-state index in [1.807, 2.05) is 66.2 Å². The van der Waals surface area contributed by atoms with E-state index in [-0.39, 0.29) is 0 Å². The highest BCUT2D eigenvalue weighted by Gasteiger charge is 2.18. The molecule has 3 heterocycles. The second-order valence-corrected chi connectivity index (χ2v) is 7.35. The molecule has 5 rings (SSSR count). The predicted molar refractivity (Wildman–Crippen MR) is 109 cm³/mol. The Morgan fingerprint density at radius 3 is 2.71 bits per heavy atom. The number of aromatic nitrogens is 4. The zero-order valence-corrected chi connectivity index (χ0v) is 16.1. The molecule has 0 unspecified atom stereocenters. The van der Waals surface area contributed by atoms with Crippen LogP contribution in [0.25, 0.3) is 38.1 Å². The van der Waals surface area contributed by atoms with E-state index < -0.39 is 0 Å². The van der Waals surface area contributed by atoms with E-state index in [4.69, 9.17) is 9.26 Å². The molecule has 0 radical (unpaired) electrons. The molecule has 0 saturated heterocycles. The zero-order chi connectivity index (χ0) is 19.1. The van der Waals surface area contributed by atoms with Gasteiger partial charge in [0.2, 0.25) is 5.82 Å². The molecular weight excluding hydrogens is 372 g/mol. The average Bonchev–Trinajstić information content (AvgIpc) is 3.45. The van der Waals surface area contributed by atoms with E-state index in [9.17, 15) is 0 Å². The molecule has 0 aliphatic rings. The molecular formula is C21H16N4O2S. The van der Waals surface area contributed by atoms with Gasteiger partial charge in [-0.15, -0.1) is 11.3 Å². The lowest BCUT2D eigenvalue weighted by atomic mass is 10.2. The summed E-state index contributed by atoms with van der Waals surface area (Å²) in [5, 5.41) is 9.95. The molecule has 3 aromatic heterocycles. The molecule has 0 atom stereocenters. The third-order valence-electron chi connectivity index (χ3n) is 4.51. The van der Waals surface area contributed by atoms with Gasteiger partial charge in [0.1, 0.15) is 10.6 Å². The molecule has 28 heavy (non-hydrogen) atoms. The number of rotatable bonds is 4. The van der Waals surface area contributed by atoms with Crippen LogP contribution in [0.5, 0.6) is 5.75 Å². The van der Waals surface area contributed by atoms with Gasteiger partial charge < -0.3 is 9.26 Å². The highest BCUT2D eigenvalue weighted by molar-refractivity contribution is 7.21. The minimum absolute atomic E-state index is 0.466. The molecule has 5 aromatic rings. The van der Waals surface area contributed by atoms with Crippen molar-refractivity contribution in [3.63, 3.8) is 0 Å². The van der Waals surface area contributed by atoms with E-state index in [0.29, 0.717) is 11.7 Å². The van der Waals surface area contributed by atoms with Crippen LogP contribution in [-0.2, 0) is 0 Å². The first kappa shape index (κ1) is 16.7. The van der Waals surface area contributed by atoms with Crippen molar-refractivity contribution in [2.75, 3.05) is 7.11 Å². The summed E-state index contributed by atoms with van der Waals surface area (Å²) in [7, 11) is 1.63. The normalized spacial score (nSPS) is 11.2. The molecule has 2 aromatic carbocycles. The van der Waals surface area contributed by atoms with Crippen LogP contribution in [0.3, 0.4) is 0 Å². The number of aryl methyl sites for hydroxylation is 1. The first-order valence-electron chi connectivity index (χ1n) is 8.76. The van der Waals surface area contributed by atoms with Gasteiger partial charge in [-0.25, -0.2) is 4.68 Å². The van der Waals surface area contributed by atoms with Crippen molar-refractivity contribution < 1.29 is 9.26 Å². The van der Waals surface area contributed by atoms with Crippen molar-refractivity contribution in [3.05, 3.63) is 66.4 Å². The lowest BCUT2D eigenvalue weighted by Gasteiger charge is -2.00. The largest absolute Gasteiger partial charge is 0.497 e. The molecule has 6 nitrogen and oxygen atoms in total. The van der Waals surface area contributed by atoms with Crippen LogP contribution in [-0.4, -0.2) is 27.0 Å². The molecule has 0 saturated carbocycles. The monoisotopic (exact) mass is 388 g/mol. The average molecular weight is 388 g/mol. The third kappa shape index (κ3) is 2.76. The quantitative estimate of drug-likeness (QED) is 0.427. The maximum atomic E-state index is 5.49. The number of benzene rings is 2. The van der Waals surface area contributed by atoms with Gasteiger partial charge in [-0.2, -0.15) is 10.1 Å². The van der Waals surface area contributed by atoms with Crippen molar-refractivity contribution in [3.8, 4) is 33.6 Å². The van der Waals surface area contributed by atoms with Gasteiger partial charge in [-0.05, 0) is 43.3 Å². The first-order valence-corrected chi connectivity index (χ1v) is 9.57. The second kappa shape index (κ2) is 6.61. The maximum absolute atomic E-state index is 5.49. The fraction of sp³-hybridized carbons (Fsp3) is 0.0952. The van der Waals surface area contributed by atoms with Crippen LogP contribution in [0.15, 0.2) is 65.2 Å². The Hall–Kier alpha value is -3.45. The Morgan fingerprint density at radius 2 is 1.89 bits per heavy atom. The van der Waals surface area contributed by atoms with Crippen LogP contribution < -0.4 is 4.74 Å². The number of para-hydroxylation sites is 1. The molecule has 0 aliphatic carbocycles. The summed E-state index contributed by atoms with van der Waals surface area (Å²) < 4.78 is 12.7. The minimum Gasteiger partial charge on any atom is -0.497 e. The predicted octanol–water partition coefficient (Wildman–Crippen LogP) is 5.12. The topological polar surface area (TPSA) is 66.0 Å². The van der Waals surface area contributed by atoms with Crippen LogP contribution >= 0.6 is 11.3 Å². The van der Waals surface area contributed by atoms with E-state index in [0.717, 1.165) is 37.8 Å². The van der Waals surface area contributed by atoms with E-state index in [1.165, 1.54) is 0 Å². The number of hydrogen-bond acceptors (Lipinski definition) is 6. The van der Waals surface area contributed by atoms with Crippen LogP contribution in [0.4, 0.5) is 0 Å². The lowest BCUT2D eigenvalue weighted by Crippen LogP contribution is -1.94. The second-order valence-electron chi connectivity index (χ2n) is 6.32. The summed E-state index contributed by atoms with van der Waals surface area (Å²) in [6.45, 7) is 2.01. The minimum atomic E-state index is 0.466. The van der Waals surface area contributed by atoms with Gasteiger partial charge in [0.05, 0.1) is 23.4 Å². The van der Waals surface area contributed by atoms with E-state index in [1.54, 1.807) is 18.4 Å². The highest BCUT2D eigenvalue weighted by Crippen LogP contribution is 2.36. The summed E-state index contributed by atoms with van der Waals surface area (Å²) >= 11 is 1.60. The molecule has 0 aliphatic heterocycles. The van der Waals surface area contributed by atoms with Gasteiger partial charge in [0.15, 0.2) is 0 Å². The summed E-state index contributed by atoms with van der Waals surface area (Å²) in [5.74, 6) is 1.78. The fourth-order valence-corrected chi connectivity index (χ4v) is 4.21.